The molecule has 0 saturated carbocycles. The summed E-state index contributed by atoms with van der Waals surface area (Å²) in [5.74, 6) is 0. The van der Waals surface area contributed by atoms with Crippen LogP contribution in [0.25, 0.3) is 0 Å². The number of likely N-dealkylation sites (tertiary alicyclic amines) is 1. The fourth-order valence-electron chi connectivity index (χ4n) is 2.33. The molecule has 0 aliphatic carbocycles. The van der Waals surface area contributed by atoms with E-state index in [4.69, 9.17) is 10.5 Å². The van der Waals surface area contributed by atoms with Gasteiger partial charge in [0.2, 0.25) is 10.0 Å². The second kappa shape index (κ2) is 6.68. The zero-order chi connectivity index (χ0) is 15.3. The van der Waals surface area contributed by atoms with Gasteiger partial charge in [0.25, 0.3) is 0 Å². The van der Waals surface area contributed by atoms with E-state index in [-0.39, 0.29) is 10.9 Å². The second-order valence-electron chi connectivity index (χ2n) is 4.97. The van der Waals surface area contributed by atoms with E-state index in [1.165, 1.54) is 12.1 Å². The molecular formula is C14H16N4O2S. The van der Waals surface area contributed by atoms with E-state index in [1.807, 2.05) is 11.0 Å². The molecule has 1 aliphatic rings. The minimum absolute atomic E-state index is 0.112. The Morgan fingerprint density at radius 1 is 1.29 bits per heavy atom. The first kappa shape index (κ1) is 15.5. The zero-order valence-electron chi connectivity index (χ0n) is 11.5. The van der Waals surface area contributed by atoms with Gasteiger partial charge in [-0.05, 0) is 31.0 Å². The molecule has 110 valence electrons. The highest BCUT2D eigenvalue weighted by Crippen LogP contribution is 2.15. The summed E-state index contributed by atoms with van der Waals surface area (Å²) in [6, 6.07) is 9.88. The first-order valence-electron chi connectivity index (χ1n) is 6.67. The number of nitrogens with one attached hydrogen (secondary N) is 1. The summed E-state index contributed by atoms with van der Waals surface area (Å²) in [6.07, 6.45) is 1.36. The van der Waals surface area contributed by atoms with Crippen LogP contribution in [0.5, 0.6) is 0 Å². The number of sulfonamides is 1. The summed E-state index contributed by atoms with van der Waals surface area (Å²) in [5, 5.41) is 17.5. The molecule has 1 heterocycles. The lowest BCUT2D eigenvalue weighted by Gasteiger charge is -2.30. The SMILES string of the molecule is N#CCN1CCC(NS(=O)(=O)c2cccc(C#N)c2)CC1. The quantitative estimate of drug-likeness (QED) is 0.831. The van der Waals surface area contributed by atoms with Gasteiger partial charge in [-0.3, -0.25) is 4.90 Å². The predicted molar refractivity (Wildman–Crippen MR) is 76.6 cm³/mol. The average Bonchev–Trinajstić information content (AvgIpc) is 2.49. The minimum atomic E-state index is -3.61. The Hall–Kier alpha value is -1.93. The molecule has 1 saturated heterocycles. The monoisotopic (exact) mass is 304 g/mol. The Kier molecular flexibility index (Phi) is 4.92. The molecule has 1 aliphatic heterocycles. The largest absolute Gasteiger partial charge is 0.290 e. The highest BCUT2D eigenvalue weighted by atomic mass is 32.2. The Morgan fingerprint density at radius 2 is 2.00 bits per heavy atom. The summed E-state index contributed by atoms with van der Waals surface area (Å²) in [5.41, 5.74) is 0.321. The van der Waals surface area contributed by atoms with Gasteiger partial charge in [0, 0.05) is 19.1 Å². The number of nitrogens with zero attached hydrogens (tertiary/aromatic N) is 3. The molecule has 0 radical (unpaired) electrons. The van der Waals surface area contributed by atoms with Gasteiger partial charge in [0.05, 0.1) is 29.1 Å². The van der Waals surface area contributed by atoms with Gasteiger partial charge < -0.3 is 0 Å². The third kappa shape index (κ3) is 4.02. The summed E-state index contributed by atoms with van der Waals surface area (Å²) < 4.78 is 27.3. The lowest BCUT2D eigenvalue weighted by Crippen LogP contribution is -2.44. The molecule has 0 aromatic heterocycles. The highest BCUT2D eigenvalue weighted by molar-refractivity contribution is 7.89. The fraction of sp³-hybridized carbons (Fsp3) is 0.429. The van der Waals surface area contributed by atoms with Crippen LogP contribution in [-0.2, 0) is 10.0 Å². The van der Waals surface area contributed by atoms with Crippen LogP contribution in [0.15, 0.2) is 29.2 Å². The lowest BCUT2D eigenvalue weighted by molar-refractivity contribution is 0.229. The number of hydrogen-bond acceptors (Lipinski definition) is 5. The number of piperidine rings is 1. The van der Waals surface area contributed by atoms with Gasteiger partial charge >= 0.3 is 0 Å². The van der Waals surface area contributed by atoms with Crippen molar-refractivity contribution in [2.45, 2.75) is 23.8 Å². The number of nitriles is 2. The van der Waals surface area contributed by atoms with E-state index in [0.29, 0.717) is 38.0 Å². The second-order valence-corrected chi connectivity index (χ2v) is 6.68. The molecule has 7 heteroatoms. The van der Waals surface area contributed by atoms with Crippen molar-refractivity contribution < 1.29 is 8.42 Å². The molecule has 0 unspecified atom stereocenters. The summed E-state index contributed by atoms with van der Waals surface area (Å²) in [4.78, 5) is 2.11. The van der Waals surface area contributed by atoms with Crippen LogP contribution in [0, 0.1) is 22.7 Å². The third-order valence-corrected chi connectivity index (χ3v) is 5.00. The van der Waals surface area contributed by atoms with Crippen LogP contribution >= 0.6 is 0 Å². The normalized spacial score (nSPS) is 17.0. The smallest absolute Gasteiger partial charge is 0.240 e. The standard InChI is InChI=1S/C14H16N4O2S/c15-6-9-18-7-4-13(5-8-18)17-21(19,20)14-3-1-2-12(10-14)11-16/h1-3,10,13,17H,4-5,7-9H2. The van der Waals surface area contributed by atoms with Gasteiger partial charge in [-0.1, -0.05) is 6.07 Å². The van der Waals surface area contributed by atoms with Gasteiger partial charge in [-0.2, -0.15) is 10.5 Å². The fourth-order valence-corrected chi connectivity index (χ4v) is 3.68. The maximum atomic E-state index is 12.3. The van der Waals surface area contributed by atoms with Crippen LogP contribution in [0.4, 0.5) is 0 Å². The van der Waals surface area contributed by atoms with E-state index >= 15 is 0 Å². The van der Waals surface area contributed by atoms with E-state index in [1.54, 1.807) is 12.1 Å². The van der Waals surface area contributed by atoms with Crippen molar-refractivity contribution in [3.05, 3.63) is 29.8 Å². The zero-order valence-corrected chi connectivity index (χ0v) is 12.3. The lowest BCUT2D eigenvalue weighted by atomic mass is 10.1. The molecule has 0 bridgehead atoms. The van der Waals surface area contributed by atoms with E-state index in [9.17, 15) is 8.42 Å². The van der Waals surface area contributed by atoms with Crippen molar-refractivity contribution in [3.63, 3.8) is 0 Å². The predicted octanol–water partition coefficient (Wildman–Crippen LogP) is 0.825. The Balaban J connectivity index is 2.02. The Labute approximate surface area is 124 Å². The molecular weight excluding hydrogens is 288 g/mol. The van der Waals surface area contributed by atoms with Crippen molar-refractivity contribution in [1.29, 1.82) is 10.5 Å². The van der Waals surface area contributed by atoms with Gasteiger partial charge in [0.1, 0.15) is 0 Å². The Bertz CT molecular complexity index is 680. The van der Waals surface area contributed by atoms with Crippen LogP contribution in [0.2, 0.25) is 0 Å². The molecule has 1 N–H and O–H groups in total. The molecule has 1 fully saturated rings. The summed E-state index contributed by atoms with van der Waals surface area (Å²) >= 11 is 0. The van der Waals surface area contributed by atoms with E-state index in [0.717, 1.165) is 0 Å². The maximum Gasteiger partial charge on any atom is 0.240 e. The van der Waals surface area contributed by atoms with Crippen molar-refractivity contribution in [1.82, 2.24) is 9.62 Å². The molecule has 0 atom stereocenters. The molecule has 1 aromatic carbocycles. The molecule has 0 spiro atoms. The Morgan fingerprint density at radius 3 is 2.62 bits per heavy atom. The highest BCUT2D eigenvalue weighted by Gasteiger charge is 2.24. The molecule has 1 aromatic rings. The summed E-state index contributed by atoms with van der Waals surface area (Å²) in [6.45, 7) is 1.79. The molecule has 21 heavy (non-hydrogen) atoms. The van der Waals surface area contributed by atoms with Crippen LogP contribution in [0.1, 0.15) is 18.4 Å². The summed E-state index contributed by atoms with van der Waals surface area (Å²) in [7, 11) is -3.61. The van der Waals surface area contributed by atoms with Gasteiger partial charge in [0.15, 0.2) is 0 Å². The van der Waals surface area contributed by atoms with E-state index in [2.05, 4.69) is 10.8 Å². The van der Waals surface area contributed by atoms with Gasteiger partial charge in [-0.15, -0.1) is 0 Å². The van der Waals surface area contributed by atoms with Gasteiger partial charge in [-0.25, -0.2) is 13.1 Å². The van der Waals surface area contributed by atoms with Crippen molar-refractivity contribution >= 4 is 10.0 Å². The molecule has 6 nitrogen and oxygen atoms in total. The van der Waals surface area contributed by atoms with Crippen molar-refractivity contribution in [2.75, 3.05) is 19.6 Å². The molecule has 0 amide bonds. The average molecular weight is 304 g/mol. The third-order valence-electron chi connectivity index (χ3n) is 3.48. The van der Waals surface area contributed by atoms with Crippen molar-refractivity contribution in [2.24, 2.45) is 0 Å². The number of benzene rings is 1. The van der Waals surface area contributed by atoms with Crippen LogP contribution in [0.3, 0.4) is 0 Å². The topological polar surface area (TPSA) is 97.0 Å². The maximum absolute atomic E-state index is 12.3. The number of hydrogen-bond donors (Lipinski definition) is 1. The van der Waals surface area contributed by atoms with Crippen LogP contribution in [-0.4, -0.2) is 39.0 Å². The minimum Gasteiger partial charge on any atom is -0.290 e. The first-order chi connectivity index (χ1) is 10.0. The first-order valence-corrected chi connectivity index (χ1v) is 8.15. The van der Waals surface area contributed by atoms with Crippen LogP contribution < -0.4 is 4.72 Å². The number of rotatable bonds is 4. The molecule has 2 rings (SSSR count). The van der Waals surface area contributed by atoms with E-state index < -0.39 is 10.0 Å². The van der Waals surface area contributed by atoms with Crippen molar-refractivity contribution in [3.8, 4) is 12.1 Å².